The third-order valence-electron chi connectivity index (χ3n) is 6.66. The van der Waals surface area contributed by atoms with Crippen molar-refractivity contribution >= 4 is 32.6 Å². The largest absolute Gasteiger partial charge is 0.457 e. The van der Waals surface area contributed by atoms with Crippen LogP contribution in [-0.2, 0) is 10.0 Å². The van der Waals surface area contributed by atoms with Crippen molar-refractivity contribution in [1.29, 1.82) is 0 Å². The Morgan fingerprint density at radius 3 is 2.35 bits per heavy atom. The zero-order chi connectivity index (χ0) is 26.3. The van der Waals surface area contributed by atoms with Gasteiger partial charge in [0.25, 0.3) is 5.91 Å². The third-order valence-corrected chi connectivity index (χ3v) is 7.84. The van der Waals surface area contributed by atoms with Crippen molar-refractivity contribution in [1.82, 2.24) is 5.32 Å². The average Bonchev–Trinajstić information content (AvgIpc) is 3.16. The van der Waals surface area contributed by atoms with Gasteiger partial charge in [0, 0.05) is 30.6 Å². The SMILES string of the molecule is CNC(=O)c1c(-c2ccc(Oc3ccc(F)cc3)cc2)oc2cc3c(cc12)[C@H](C)CCCN3S(C)(=O)=O. The number of furan rings is 1. The Morgan fingerprint density at radius 2 is 1.73 bits per heavy atom. The van der Waals surface area contributed by atoms with Gasteiger partial charge in [-0.15, -0.1) is 0 Å². The smallest absolute Gasteiger partial charge is 0.255 e. The zero-order valence-electron chi connectivity index (χ0n) is 20.7. The highest BCUT2D eigenvalue weighted by Gasteiger charge is 2.29. The molecule has 1 aliphatic rings. The quantitative estimate of drug-likeness (QED) is 0.345. The van der Waals surface area contributed by atoms with Gasteiger partial charge in [0.15, 0.2) is 0 Å². The van der Waals surface area contributed by atoms with Gasteiger partial charge in [-0.25, -0.2) is 12.8 Å². The van der Waals surface area contributed by atoms with E-state index in [1.807, 2.05) is 6.07 Å². The van der Waals surface area contributed by atoms with E-state index in [0.29, 0.717) is 51.6 Å². The number of carbonyl (C=O) groups is 1. The highest BCUT2D eigenvalue weighted by Crippen LogP contribution is 2.42. The van der Waals surface area contributed by atoms with Crippen LogP contribution in [0.1, 0.15) is 41.6 Å². The maximum atomic E-state index is 13.2. The summed E-state index contributed by atoms with van der Waals surface area (Å²) in [6, 6.07) is 16.4. The normalized spacial score (nSPS) is 15.8. The Hall–Kier alpha value is -3.85. The van der Waals surface area contributed by atoms with Crippen molar-refractivity contribution in [3.63, 3.8) is 0 Å². The lowest BCUT2D eigenvalue weighted by molar-refractivity contribution is 0.0964. The van der Waals surface area contributed by atoms with Crippen molar-refractivity contribution < 1.29 is 26.8 Å². The minimum absolute atomic E-state index is 0.116. The van der Waals surface area contributed by atoms with Gasteiger partial charge in [-0.2, -0.15) is 0 Å². The molecule has 0 aliphatic carbocycles. The molecule has 0 saturated heterocycles. The first kappa shape index (κ1) is 24.8. The van der Waals surface area contributed by atoms with E-state index < -0.39 is 10.0 Å². The summed E-state index contributed by atoms with van der Waals surface area (Å²) < 4.78 is 51.7. The van der Waals surface area contributed by atoms with Crippen LogP contribution in [0.3, 0.4) is 0 Å². The van der Waals surface area contributed by atoms with Crippen molar-refractivity contribution in [2.45, 2.75) is 25.7 Å². The van der Waals surface area contributed by atoms with Gasteiger partial charge in [0.05, 0.1) is 17.5 Å². The van der Waals surface area contributed by atoms with Crippen LogP contribution in [0.5, 0.6) is 11.5 Å². The third kappa shape index (κ3) is 4.79. The molecule has 0 radical (unpaired) electrons. The maximum Gasteiger partial charge on any atom is 0.255 e. The summed E-state index contributed by atoms with van der Waals surface area (Å²) in [4.78, 5) is 13.0. The number of nitrogens with one attached hydrogen (secondary N) is 1. The summed E-state index contributed by atoms with van der Waals surface area (Å²) in [6.45, 7) is 2.46. The molecule has 7 nitrogen and oxygen atoms in total. The molecule has 9 heteroatoms. The number of fused-ring (bicyclic) bond motifs is 2. The fourth-order valence-corrected chi connectivity index (χ4v) is 5.76. The molecule has 5 rings (SSSR count). The molecule has 2 heterocycles. The number of nitrogens with zero attached hydrogens (tertiary/aromatic N) is 1. The zero-order valence-corrected chi connectivity index (χ0v) is 21.6. The van der Waals surface area contributed by atoms with Gasteiger partial charge in [-0.3, -0.25) is 9.10 Å². The van der Waals surface area contributed by atoms with Crippen molar-refractivity contribution in [3.05, 3.63) is 77.6 Å². The molecule has 192 valence electrons. The lowest BCUT2D eigenvalue weighted by Gasteiger charge is -2.23. The Bertz CT molecular complexity index is 1580. The van der Waals surface area contributed by atoms with Crippen LogP contribution in [-0.4, -0.2) is 34.2 Å². The summed E-state index contributed by atoms with van der Waals surface area (Å²) in [5, 5.41) is 3.32. The predicted molar refractivity (Wildman–Crippen MR) is 141 cm³/mol. The Morgan fingerprint density at radius 1 is 1.08 bits per heavy atom. The van der Waals surface area contributed by atoms with Crippen LogP contribution in [0, 0.1) is 5.82 Å². The summed E-state index contributed by atoms with van der Waals surface area (Å²) in [5.74, 6) is 0.876. The van der Waals surface area contributed by atoms with E-state index in [1.54, 1.807) is 37.4 Å². The Labute approximate surface area is 214 Å². The van der Waals surface area contributed by atoms with Gasteiger partial charge < -0.3 is 14.5 Å². The Kier molecular flexibility index (Phi) is 6.41. The highest BCUT2D eigenvalue weighted by atomic mass is 32.2. The van der Waals surface area contributed by atoms with E-state index in [-0.39, 0.29) is 17.6 Å². The number of halogens is 1. The van der Waals surface area contributed by atoms with Crippen LogP contribution >= 0.6 is 0 Å². The molecule has 3 aromatic carbocycles. The molecule has 0 spiro atoms. The first-order valence-corrected chi connectivity index (χ1v) is 13.8. The summed E-state index contributed by atoms with van der Waals surface area (Å²) in [6.07, 6.45) is 2.78. The van der Waals surface area contributed by atoms with E-state index in [2.05, 4.69) is 12.2 Å². The monoisotopic (exact) mass is 522 g/mol. The van der Waals surface area contributed by atoms with Gasteiger partial charge in [0.1, 0.15) is 28.7 Å². The highest BCUT2D eigenvalue weighted by molar-refractivity contribution is 7.92. The minimum Gasteiger partial charge on any atom is -0.457 e. The van der Waals surface area contributed by atoms with Crippen molar-refractivity contribution in [2.24, 2.45) is 0 Å². The topological polar surface area (TPSA) is 88.8 Å². The van der Waals surface area contributed by atoms with E-state index in [0.717, 1.165) is 18.4 Å². The fourth-order valence-electron chi connectivity index (χ4n) is 4.79. The summed E-state index contributed by atoms with van der Waals surface area (Å²) >= 11 is 0. The predicted octanol–water partition coefficient (Wildman–Crippen LogP) is 6.05. The van der Waals surface area contributed by atoms with Crippen LogP contribution in [0.4, 0.5) is 10.1 Å². The minimum atomic E-state index is -3.49. The number of rotatable bonds is 5. The van der Waals surface area contributed by atoms with Crippen molar-refractivity contribution in [2.75, 3.05) is 24.2 Å². The molecule has 1 amide bonds. The van der Waals surface area contributed by atoms with Crippen LogP contribution in [0.25, 0.3) is 22.3 Å². The number of hydrogen-bond acceptors (Lipinski definition) is 5. The van der Waals surface area contributed by atoms with E-state index in [4.69, 9.17) is 9.15 Å². The summed E-state index contributed by atoms with van der Waals surface area (Å²) in [5.41, 5.74) is 2.93. The lowest BCUT2D eigenvalue weighted by atomic mass is 9.93. The Balaban J connectivity index is 1.61. The number of benzene rings is 3. The average molecular weight is 523 g/mol. The molecular weight excluding hydrogens is 495 g/mol. The molecule has 37 heavy (non-hydrogen) atoms. The number of sulfonamides is 1. The first-order chi connectivity index (χ1) is 17.7. The van der Waals surface area contributed by atoms with Crippen LogP contribution in [0.15, 0.2) is 65.1 Å². The number of ether oxygens (including phenoxy) is 1. The molecule has 0 fully saturated rings. The summed E-state index contributed by atoms with van der Waals surface area (Å²) in [7, 11) is -1.93. The second-order valence-electron chi connectivity index (χ2n) is 9.25. The number of hydrogen-bond donors (Lipinski definition) is 1. The van der Waals surface area contributed by atoms with Crippen LogP contribution in [0.2, 0.25) is 0 Å². The molecular formula is C28H27FN2O5S. The van der Waals surface area contributed by atoms with E-state index >= 15 is 0 Å². The molecule has 0 bridgehead atoms. The number of amides is 1. The second-order valence-corrected chi connectivity index (χ2v) is 11.2. The van der Waals surface area contributed by atoms with Crippen LogP contribution < -0.4 is 14.4 Å². The molecule has 0 unspecified atom stereocenters. The fraction of sp³-hybridized carbons (Fsp3) is 0.250. The molecule has 1 N–H and O–H groups in total. The molecule has 1 aromatic heterocycles. The molecule has 0 saturated carbocycles. The lowest BCUT2D eigenvalue weighted by Crippen LogP contribution is -2.30. The standard InChI is InChI=1S/C28H27FN2O5S/c1-17-5-4-14-31(37(3,33)34)24-16-25-23(15-22(17)24)26(28(32)30-2)27(36-25)18-6-10-20(11-7-18)35-21-12-8-19(29)9-13-21/h6-13,15-17H,4-5,14H2,1-3H3,(H,30,32)/t17-/m1/s1. The molecule has 4 aromatic rings. The van der Waals surface area contributed by atoms with E-state index in [1.165, 1.54) is 34.8 Å². The van der Waals surface area contributed by atoms with Crippen molar-refractivity contribution in [3.8, 4) is 22.8 Å². The first-order valence-electron chi connectivity index (χ1n) is 12.0. The second kappa shape index (κ2) is 9.55. The van der Waals surface area contributed by atoms with Gasteiger partial charge >= 0.3 is 0 Å². The van der Waals surface area contributed by atoms with Gasteiger partial charge in [-0.05, 0) is 78.9 Å². The van der Waals surface area contributed by atoms with Gasteiger partial charge in [0.2, 0.25) is 10.0 Å². The van der Waals surface area contributed by atoms with Gasteiger partial charge in [-0.1, -0.05) is 6.92 Å². The van der Waals surface area contributed by atoms with E-state index in [9.17, 15) is 17.6 Å². The number of carbonyl (C=O) groups excluding carboxylic acids is 1. The molecule has 1 aliphatic heterocycles. The maximum absolute atomic E-state index is 13.2. The number of anilines is 1. The molecule has 1 atom stereocenters.